The van der Waals surface area contributed by atoms with Gasteiger partial charge < -0.3 is 0 Å². The molecule has 0 aromatic heterocycles. The second-order valence-corrected chi connectivity index (χ2v) is 20.4. The van der Waals surface area contributed by atoms with Crippen molar-refractivity contribution in [3.8, 4) is 0 Å². The molecule has 0 fully saturated rings. The van der Waals surface area contributed by atoms with Crippen LogP contribution in [0, 0.1) is 0 Å². The molecule has 0 spiro atoms. The molecule has 0 rings (SSSR count). The van der Waals surface area contributed by atoms with Crippen molar-refractivity contribution in [2.75, 3.05) is 0 Å². The molecule has 0 aliphatic carbocycles. The summed E-state index contributed by atoms with van der Waals surface area (Å²) in [6.45, 7) is 14.3. The van der Waals surface area contributed by atoms with Crippen LogP contribution in [-0.4, -0.2) is 31.1 Å². The van der Waals surface area contributed by atoms with Gasteiger partial charge in [-0.15, -0.1) is 0 Å². The van der Waals surface area contributed by atoms with Crippen LogP contribution in [0.5, 0.6) is 0 Å². The topological polar surface area (TPSA) is 0 Å². The fourth-order valence-corrected chi connectivity index (χ4v) is 10.5. The van der Waals surface area contributed by atoms with Gasteiger partial charge in [0.05, 0.1) is 0 Å². The summed E-state index contributed by atoms with van der Waals surface area (Å²) < 4.78 is 3.09. The molecule has 0 aromatic rings. The first kappa shape index (κ1) is 16.4. The molecule has 88 valence electrons. The summed E-state index contributed by atoms with van der Waals surface area (Å²) in [5.74, 6) is 0. The Bertz CT molecular complexity index is 272. The van der Waals surface area contributed by atoms with Gasteiger partial charge in [-0.25, -0.2) is 0 Å². The third kappa shape index (κ3) is 6.64. The Morgan fingerprint density at radius 3 is 1.73 bits per heavy atom. The molecule has 0 N–H and O–H groups in total. The zero-order chi connectivity index (χ0) is 12.3. The van der Waals surface area contributed by atoms with E-state index < -0.39 is 16.1 Å². The van der Waals surface area contributed by atoms with Gasteiger partial charge in [0.15, 0.2) is 0 Å². The molecule has 0 saturated heterocycles. The number of hydrogen-bond acceptors (Lipinski definition) is 0. The standard InChI is InChI=1S/C10H20Br2SeSi2/c1-14(2,3)9(12)8-13-10(7-11)15(4,5)6/h7-8H,1-6H3/b9-8-,10-7-. The second-order valence-electron chi connectivity index (χ2n) is 5.56. The minimum absolute atomic E-state index is 0.507. The van der Waals surface area contributed by atoms with Crippen molar-refractivity contribution < 1.29 is 0 Å². The van der Waals surface area contributed by atoms with E-state index in [1.54, 1.807) is 4.09 Å². The molecular formula is C10H20Br2SeSi2. The molecule has 0 nitrogen and oxygen atoms in total. The van der Waals surface area contributed by atoms with Crippen LogP contribution in [0.25, 0.3) is 0 Å². The van der Waals surface area contributed by atoms with Crippen molar-refractivity contribution in [2.24, 2.45) is 0 Å². The molecular weight excluding hydrogens is 415 g/mol. The summed E-state index contributed by atoms with van der Waals surface area (Å²) in [6.07, 6.45) is 0. The average Bonchev–Trinajstić information content (AvgIpc) is 2.00. The van der Waals surface area contributed by atoms with Crippen LogP contribution >= 0.6 is 31.9 Å². The van der Waals surface area contributed by atoms with Crippen molar-refractivity contribution in [2.45, 2.75) is 39.3 Å². The van der Waals surface area contributed by atoms with E-state index in [0.717, 1.165) is 0 Å². The summed E-state index contributed by atoms with van der Waals surface area (Å²) >= 11 is 7.75. The van der Waals surface area contributed by atoms with Crippen LogP contribution in [-0.2, 0) is 0 Å². The summed E-state index contributed by atoms with van der Waals surface area (Å²) in [5, 5.41) is 0. The minimum atomic E-state index is -1.13. The molecule has 0 saturated carbocycles. The molecule has 0 bridgehead atoms. The van der Waals surface area contributed by atoms with E-state index in [0.29, 0.717) is 15.0 Å². The first-order valence-corrected chi connectivity index (χ1v) is 15.5. The third-order valence-corrected chi connectivity index (χ3v) is 17.5. The van der Waals surface area contributed by atoms with Crippen LogP contribution < -0.4 is 0 Å². The van der Waals surface area contributed by atoms with Crippen LogP contribution in [0.1, 0.15) is 0 Å². The summed E-state index contributed by atoms with van der Waals surface area (Å²) in [6, 6.07) is 0. The quantitative estimate of drug-likeness (QED) is 0.551. The van der Waals surface area contributed by atoms with E-state index in [-0.39, 0.29) is 0 Å². The molecule has 0 amide bonds. The SMILES string of the molecule is C[Si](C)(C)/C(Br)=C\[Se]/C(=C/Br)[Si](C)(C)C. The Labute approximate surface area is 119 Å². The van der Waals surface area contributed by atoms with Gasteiger partial charge in [-0.05, 0) is 0 Å². The Hall–Kier alpha value is 1.39. The molecule has 0 atom stereocenters. The van der Waals surface area contributed by atoms with Crippen molar-refractivity contribution in [3.05, 3.63) is 18.2 Å². The maximum absolute atomic E-state index is 3.73. The fraction of sp³-hybridized carbons (Fsp3) is 0.600. The van der Waals surface area contributed by atoms with E-state index >= 15 is 0 Å². The van der Waals surface area contributed by atoms with E-state index in [9.17, 15) is 0 Å². The van der Waals surface area contributed by atoms with Gasteiger partial charge in [-0.3, -0.25) is 0 Å². The first-order chi connectivity index (χ1) is 6.59. The Balaban J connectivity index is 4.64. The van der Waals surface area contributed by atoms with Gasteiger partial charge in [-0.2, -0.15) is 0 Å². The van der Waals surface area contributed by atoms with Gasteiger partial charge in [0.1, 0.15) is 0 Å². The number of hydrogen-bond donors (Lipinski definition) is 0. The Kier molecular flexibility index (Phi) is 6.95. The van der Waals surface area contributed by atoms with Crippen LogP contribution in [0.15, 0.2) is 18.2 Å². The van der Waals surface area contributed by atoms with Crippen LogP contribution in [0.3, 0.4) is 0 Å². The van der Waals surface area contributed by atoms with E-state index in [2.05, 4.69) is 81.1 Å². The molecule has 5 heteroatoms. The zero-order valence-electron chi connectivity index (χ0n) is 10.3. The van der Waals surface area contributed by atoms with Crippen molar-refractivity contribution in [3.63, 3.8) is 0 Å². The molecule has 0 aliphatic heterocycles. The second kappa shape index (κ2) is 6.36. The molecule has 0 aliphatic rings. The normalized spacial score (nSPS) is 15.7. The molecule has 0 unspecified atom stereocenters. The number of rotatable bonds is 4. The maximum atomic E-state index is 3.73. The predicted octanol–water partition coefficient (Wildman–Crippen LogP) is 4.92. The Morgan fingerprint density at radius 1 is 1.00 bits per heavy atom. The van der Waals surface area contributed by atoms with Crippen molar-refractivity contribution in [1.82, 2.24) is 0 Å². The van der Waals surface area contributed by atoms with Gasteiger partial charge >= 0.3 is 120 Å². The summed E-state index contributed by atoms with van der Waals surface area (Å²) in [7, 11) is -2.25. The first-order valence-electron chi connectivity index (χ1n) is 4.92. The van der Waals surface area contributed by atoms with Gasteiger partial charge in [0.2, 0.25) is 0 Å². The van der Waals surface area contributed by atoms with Crippen molar-refractivity contribution in [1.29, 1.82) is 0 Å². The summed E-state index contributed by atoms with van der Waals surface area (Å²) in [5.41, 5.74) is 0. The van der Waals surface area contributed by atoms with Gasteiger partial charge in [0, 0.05) is 0 Å². The average molecular weight is 435 g/mol. The molecule has 0 radical (unpaired) electrons. The van der Waals surface area contributed by atoms with Crippen molar-refractivity contribution >= 4 is 63.0 Å². The summed E-state index contributed by atoms with van der Waals surface area (Å²) in [4.78, 5) is 4.57. The Morgan fingerprint density at radius 2 is 1.47 bits per heavy atom. The van der Waals surface area contributed by atoms with E-state index in [4.69, 9.17) is 0 Å². The van der Waals surface area contributed by atoms with E-state index in [1.807, 2.05) is 0 Å². The third-order valence-electron chi connectivity index (χ3n) is 1.84. The zero-order valence-corrected chi connectivity index (χ0v) is 17.2. The monoisotopic (exact) mass is 434 g/mol. The van der Waals surface area contributed by atoms with Gasteiger partial charge in [0.25, 0.3) is 0 Å². The van der Waals surface area contributed by atoms with Crippen LogP contribution in [0.2, 0.25) is 39.3 Å². The predicted molar refractivity (Wildman–Crippen MR) is 86.5 cm³/mol. The fourth-order valence-electron chi connectivity index (χ4n) is 0.658. The van der Waals surface area contributed by atoms with Crippen LogP contribution in [0.4, 0.5) is 0 Å². The number of halogens is 2. The molecule has 15 heavy (non-hydrogen) atoms. The van der Waals surface area contributed by atoms with E-state index in [1.165, 1.54) is 4.11 Å². The molecule has 0 aromatic carbocycles. The molecule has 0 heterocycles. The van der Waals surface area contributed by atoms with Gasteiger partial charge in [-0.1, -0.05) is 0 Å².